The van der Waals surface area contributed by atoms with Gasteiger partial charge in [0.15, 0.2) is 11.0 Å². The molecule has 3 aromatic rings. The molecule has 4 rings (SSSR count). The second-order valence-corrected chi connectivity index (χ2v) is 8.61. The van der Waals surface area contributed by atoms with Gasteiger partial charge in [0.05, 0.1) is 17.7 Å². The summed E-state index contributed by atoms with van der Waals surface area (Å²) in [6.45, 7) is 2.08. The molecule has 1 aromatic carbocycles. The molecule has 0 aliphatic heterocycles. The zero-order valence-corrected chi connectivity index (χ0v) is 18.4. The Kier molecular flexibility index (Phi) is 7.09. The van der Waals surface area contributed by atoms with Gasteiger partial charge >= 0.3 is 0 Å². The Morgan fingerprint density at radius 2 is 1.97 bits per heavy atom. The van der Waals surface area contributed by atoms with Crippen LogP contribution in [-0.2, 0) is 4.79 Å². The Morgan fingerprint density at radius 3 is 2.71 bits per heavy atom. The first kappa shape index (κ1) is 21.2. The molecule has 31 heavy (non-hydrogen) atoms. The number of benzene rings is 1. The minimum atomic E-state index is -0.188. The molecule has 0 atom stereocenters. The van der Waals surface area contributed by atoms with Crippen molar-refractivity contribution in [1.29, 1.82) is 0 Å². The topological polar surface area (TPSA) is 85.1 Å². The Bertz CT molecular complexity index is 1030. The largest absolute Gasteiger partial charge is 0.299 e. The van der Waals surface area contributed by atoms with Gasteiger partial charge < -0.3 is 0 Å². The van der Waals surface area contributed by atoms with Crippen molar-refractivity contribution in [3.8, 4) is 11.4 Å². The van der Waals surface area contributed by atoms with E-state index >= 15 is 0 Å². The summed E-state index contributed by atoms with van der Waals surface area (Å²) in [6.07, 6.45) is 9.14. The smallest absolute Gasteiger partial charge is 0.250 e. The fraction of sp³-hybridized carbons (Fsp3) is 0.348. The lowest BCUT2D eigenvalue weighted by molar-refractivity contribution is -0.118. The Labute approximate surface area is 186 Å². The number of carbonyl (C=O) groups is 1. The molecule has 1 saturated carbocycles. The molecule has 1 amide bonds. The number of hydrogen-bond acceptors (Lipinski definition) is 6. The molecular weight excluding hydrogens is 408 g/mol. The predicted molar refractivity (Wildman–Crippen MR) is 123 cm³/mol. The third kappa shape index (κ3) is 5.58. The van der Waals surface area contributed by atoms with Crippen molar-refractivity contribution in [2.24, 2.45) is 5.10 Å². The molecule has 1 aliphatic carbocycles. The summed E-state index contributed by atoms with van der Waals surface area (Å²) in [5.74, 6) is 0.911. The number of rotatable bonds is 7. The molecule has 1 aliphatic rings. The van der Waals surface area contributed by atoms with E-state index in [4.69, 9.17) is 0 Å². The van der Waals surface area contributed by atoms with Gasteiger partial charge in [0.25, 0.3) is 5.91 Å². The first-order valence-electron chi connectivity index (χ1n) is 10.6. The van der Waals surface area contributed by atoms with Gasteiger partial charge in [0.1, 0.15) is 0 Å². The SMILES string of the molecule is Cc1ccc(-c2nnc(SCC(=O)NN=Cc3ccccn3)n2C2CCCCC2)cc1. The fourth-order valence-electron chi connectivity index (χ4n) is 3.73. The predicted octanol–water partition coefficient (Wildman–Crippen LogP) is 4.40. The highest BCUT2D eigenvalue weighted by Gasteiger charge is 2.24. The van der Waals surface area contributed by atoms with E-state index in [1.807, 2.05) is 18.2 Å². The molecule has 8 heteroatoms. The summed E-state index contributed by atoms with van der Waals surface area (Å²) < 4.78 is 2.24. The van der Waals surface area contributed by atoms with E-state index < -0.39 is 0 Å². The maximum Gasteiger partial charge on any atom is 0.250 e. The third-order valence-corrected chi connectivity index (χ3v) is 6.26. The lowest BCUT2D eigenvalue weighted by Crippen LogP contribution is -2.20. The second kappa shape index (κ2) is 10.3. The number of pyridine rings is 1. The molecule has 0 bridgehead atoms. The summed E-state index contributed by atoms with van der Waals surface area (Å²) in [4.78, 5) is 16.4. The van der Waals surface area contributed by atoms with Crippen LogP contribution in [0.15, 0.2) is 58.9 Å². The van der Waals surface area contributed by atoms with Crippen LogP contribution in [0.4, 0.5) is 0 Å². The summed E-state index contributed by atoms with van der Waals surface area (Å²) in [5.41, 5.74) is 5.52. The number of aryl methyl sites for hydroxylation is 1. The summed E-state index contributed by atoms with van der Waals surface area (Å²) in [7, 11) is 0. The highest BCUT2D eigenvalue weighted by Crippen LogP contribution is 2.35. The van der Waals surface area contributed by atoms with Crippen LogP contribution in [0, 0.1) is 6.92 Å². The van der Waals surface area contributed by atoms with Crippen molar-refractivity contribution in [3.63, 3.8) is 0 Å². The number of thioether (sulfide) groups is 1. The lowest BCUT2D eigenvalue weighted by atomic mass is 9.95. The Hall–Kier alpha value is -3.00. The number of hydrazone groups is 1. The molecule has 1 N–H and O–H groups in total. The average molecular weight is 435 g/mol. The lowest BCUT2D eigenvalue weighted by Gasteiger charge is -2.25. The standard InChI is InChI=1S/C23H26N6OS/c1-17-10-12-18(13-11-17)22-27-28-23(29(22)20-8-3-2-4-9-20)31-16-21(30)26-25-15-19-7-5-6-14-24-19/h5-7,10-15,20H,2-4,8-9,16H2,1H3,(H,26,30). The van der Waals surface area contributed by atoms with Gasteiger partial charge in [-0.3, -0.25) is 14.3 Å². The van der Waals surface area contributed by atoms with Crippen LogP contribution >= 0.6 is 11.8 Å². The zero-order chi connectivity index (χ0) is 21.5. The molecule has 7 nitrogen and oxygen atoms in total. The monoisotopic (exact) mass is 434 g/mol. The van der Waals surface area contributed by atoms with Crippen LogP contribution in [0.25, 0.3) is 11.4 Å². The molecular formula is C23H26N6OS. The Balaban J connectivity index is 1.46. The van der Waals surface area contributed by atoms with Crippen molar-refractivity contribution in [2.45, 2.75) is 50.2 Å². The minimum absolute atomic E-state index is 0.188. The number of amides is 1. The van der Waals surface area contributed by atoms with Crippen LogP contribution in [-0.4, -0.2) is 37.6 Å². The van der Waals surface area contributed by atoms with Crippen molar-refractivity contribution in [2.75, 3.05) is 5.75 Å². The number of nitrogens with one attached hydrogen (secondary N) is 1. The fourth-order valence-corrected chi connectivity index (χ4v) is 4.53. The first-order valence-corrected chi connectivity index (χ1v) is 11.6. The molecule has 0 spiro atoms. The number of nitrogens with zero attached hydrogens (tertiary/aromatic N) is 5. The van der Waals surface area contributed by atoms with Crippen molar-refractivity contribution in [1.82, 2.24) is 25.2 Å². The van der Waals surface area contributed by atoms with Gasteiger partial charge in [-0.25, -0.2) is 5.43 Å². The minimum Gasteiger partial charge on any atom is -0.299 e. The Morgan fingerprint density at radius 1 is 1.16 bits per heavy atom. The van der Waals surface area contributed by atoms with Crippen molar-refractivity contribution < 1.29 is 4.79 Å². The van der Waals surface area contributed by atoms with Gasteiger partial charge in [-0.05, 0) is 31.9 Å². The first-order chi connectivity index (χ1) is 15.2. The van der Waals surface area contributed by atoms with E-state index in [1.54, 1.807) is 6.20 Å². The quantitative estimate of drug-likeness (QED) is 0.338. The highest BCUT2D eigenvalue weighted by atomic mass is 32.2. The maximum atomic E-state index is 12.3. The normalized spacial score (nSPS) is 14.7. The van der Waals surface area contributed by atoms with Crippen LogP contribution in [0.2, 0.25) is 0 Å². The van der Waals surface area contributed by atoms with Gasteiger partial charge in [-0.1, -0.05) is 66.9 Å². The van der Waals surface area contributed by atoms with Gasteiger partial charge in [0, 0.05) is 17.8 Å². The second-order valence-electron chi connectivity index (χ2n) is 7.67. The molecule has 0 saturated heterocycles. The summed E-state index contributed by atoms with van der Waals surface area (Å²) in [6, 6.07) is 14.3. The van der Waals surface area contributed by atoms with Crippen LogP contribution in [0.3, 0.4) is 0 Å². The van der Waals surface area contributed by atoms with Gasteiger partial charge in [0.2, 0.25) is 0 Å². The van der Waals surface area contributed by atoms with Crippen LogP contribution in [0.1, 0.15) is 49.4 Å². The molecule has 2 aromatic heterocycles. The zero-order valence-electron chi connectivity index (χ0n) is 17.6. The van der Waals surface area contributed by atoms with E-state index in [-0.39, 0.29) is 11.7 Å². The van der Waals surface area contributed by atoms with Crippen LogP contribution in [0.5, 0.6) is 0 Å². The molecule has 0 radical (unpaired) electrons. The molecule has 0 unspecified atom stereocenters. The van der Waals surface area contributed by atoms with Crippen molar-refractivity contribution >= 4 is 23.9 Å². The molecule has 2 heterocycles. The van der Waals surface area contributed by atoms with E-state index in [9.17, 15) is 4.79 Å². The maximum absolute atomic E-state index is 12.3. The molecule has 1 fully saturated rings. The average Bonchev–Trinajstić information content (AvgIpc) is 3.23. The third-order valence-electron chi connectivity index (χ3n) is 5.32. The van der Waals surface area contributed by atoms with Crippen LogP contribution < -0.4 is 5.43 Å². The molecule has 160 valence electrons. The van der Waals surface area contributed by atoms with E-state index in [1.165, 1.54) is 42.8 Å². The number of hydrogen-bond donors (Lipinski definition) is 1. The number of carbonyl (C=O) groups excluding carboxylic acids is 1. The highest BCUT2D eigenvalue weighted by molar-refractivity contribution is 7.99. The van der Waals surface area contributed by atoms with E-state index in [0.717, 1.165) is 29.4 Å². The summed E-state index contributed by atoms with van der Waals surface area (Å²) >= 11 is 1.40. The van der Waals surface area contributed by atoms with Gasteiger partial charge in [-0.2, -0.15) is 5.10 Å². The van der Waals surface area contributed by atoms with Crippen molar-refractivity contribution in [3.05, 3.63) is 59.9 Å². The van der Waals surface area contributed by atoms with E-state index in [2.05, 4.69) is 61.5 Å². The van der Waals surface area contributed by atoms with E-state index in [0.29, 0.717) is 11.7 Å². The van der Waals surface area contributed by atoms with Gasteiger partial charge in [-0.15, -0.1) is 10.2 Å². The number of aromatic nitrogens is 4. The summed E-state index contributed by atoms with van der Waals surface area (Å²) in [5, 5.41) is 13.7.